The maximum absolute atomic E-state index is 11.3. The van der Waals surface area contributed by atoms with Gasteiger partial charge in [0.05, 0.1) is 5.69 Å². The fraction of sp³-hybridized carbons (Fsp3) is 0.188. The van der Waals surface area contributed by atoms with Crippen LogP contribution in [0.4, 0.5) is 5.69 Å². The summed E-state index contributed by atoms with van der Waals surface area (Å²) in [5, 5.41) is 7.31. The minimum atomic E-state index is -0.231. The van der Waals surface area contributed by atoms with Gasteiger partial charge in [0.1, 0.15) is 18.2 Å². The van der Waals surface area contributed by atoms with Crippen LogP contribution in [0.3, 0.4) is 0 Å². The molecule has 1 atom stereocenters. The fourth-order valence-electron chi connectivity index (χ4n) is 2.23. The van der Waals surface area contributed by atoms with Crippen molar-refractivity contribution >= 4 is 28.8 Å². The van der Waals surface area contributed by atoms with Crippen LogP contribution in [0.1, 0.15) is 25.5 Å². The average molecular weight is 331 g/mol. The second-order valence-corrected chi connectivity index (χ2v) is 5.54. The number of amides is 1. The lowest BCUT2D eigenvalue weighted by molar-refractivity contribution is -0.114. The van der Waals surface area contributed by atoms with E-state index in [0.717, 1.165) is 11.2 Å². The molecule has 1 amide bonds. The summed E-state index contributed by atoms with van der Waals surface area (Å²) in [6.07, 6.45) is 3.10. The number of benzene rings is 1. The Hall–Kier alpha value is -2.60. The van der Waals surface area contributed by atoms with Gasteiger partial charge >= 0.3 is 0 Å². The van der Waals surface area contributed by atoms with Gasteiger partial charge in [-0.2, -0.15) is 5.10 Å². The first-order chi connectivity index (χ1) is 11.0. The van der Waals surface area contributed by atoms with Crippen LogP contribution >= 0.6 is 11.6 Å². The molecule has 0 bridgehead atoms. The number of rotatable bonds is 4. The van der Waals surface area contributed by atoms with Crippen molar-refractivity contribution < 1.29 is 9.53 Å². The van der Waals surface area contributed by atoms with E-state index >= 15 is 0 Å². The predicted molar refractivity (Wildman–Crippen MR) is 87.8 cm³/mol. The van der Waals surface area contributed by atoms with Crippen molar-refractivity contribution in [3.05, 3.63) is 53.4 Å². The smallest absolute Gasteiger partial charge is 0.221 e. The maximum Gasteiger partial charge on any atom is 0.221 e. The van der Waals surface area contributed by atoms with Gasteiger partial charge in [0.15, 0.2) is 5.65 Å². The van der Waals surface area contributed by atoms with Crippen molar-refractivity contribution in [2.75, 3.05) is 5.32 Å². The van der Waals surface area contributed by atoms with Crippen LogP contribution in [0.25, 0.3) is 5.65 Å². The summed E-state index contributed by atoms with van der Waals surface area (Å²) in [5.74, 6) is 0.369. The average Bonchev–Trinajstić information content (AvgIpc) is 2.96. The molecule has 23 heavy (non-hydrogen) atoms. The molecule has 0 saturated carbocycles. The number of carbonyl (C=O) groups is 1. The Kier molecular flexibility index (Phi) is 4.16. The summed E-state index contributed by atoms with van der Waals surface area (Å²) in [5.41, 5.74) is 2.24. The van der Waals surface area contributed by atoms with Gasteiger partial charge in [-0.05, 0) is 42.8 Å². The Morgan fingerprint density at radius 3 is 2.96 bits per heavy atom. The fourth-order valence-corrected chi connectivity index (χ4v) is 2.41. The van der Waals surface area contributed by atoms with Crippen molar-refractivity contribution in [3.8, 4) is 5.75 Å². The molecule has 1 unspecified atom stereocenters. The molecular formula is C16H15ClN4O2. The predicted octanol–water partition coefficient (Wildman–Crippen LogP) is 3.48. The molecule has 0 saturated heterocycles. The van der Waals surface area contributed by atoms with E-state index in [4.69, 9.17) is 16.3 Å². The third kappa shape index (κ3) is 3.43. The van der Waals surface area contributed by atoms with E-state index < -0.39 is 0 Å². The monoisotopic (exact) mass is 330 g/mol. The van der Waals surface area contributed by atoms with Crippen LogP contribution in [-0.4, -0.2) is 20.5 Å². The minimum Gasteiger partial charge on any atom is -0.484 e. The second-order valence-electron chi connectivity index (χ2n) is 5.10. The zero-order chi connectivity index (χ0) is 16.4. The van der Waals surface area contributed by atoms with Gasteiger partial charge in [0.25, 0.3) is 0 Å². The molecule has 0 aliphatic heterocycles. The lowest BCUT2D eigenvalue weighted by atomic mass is 10.1. The molecule has 1 aromatic carbocycles. The number of nitrogens with zero attached hydrogens (tertiary/aromatic N) is 3. The third-order valence-electron chi connectivity index (χ3n) is 3.33. The maximum atomic E-state index is 11.3. The SMILES string of the molecule is CC(=O)Nc1cc(Cl)ccc1OC(C)c1ccn2ncnc2c1. The number of nitrogens with one attached hydrogen (secondary N) is 1. The number of anilines is 1. The Labute approximate surface area is 138 Å². The van der Waals surface area contributed by atoms with Gasteiger partial charge in [-0.25, -0.2) is 9.50 Å². The number of hydrogen-bond donors (Lipinski definition) is 1. The van der Waals surface area contributed by atoms with E-state index in [9.17, 15) is 4.79 Å². The van der Waals surface area contributed by atoms with Gasteiger partial charge in [0.2, 0.25) is 5.91 Å². The summed E-state index contributed by atoms with van der Waals surface area (Å²) >= 11 is 5.98. The number of aromatic nitrogens is 3. The van der Waals surface area contributed by atoms with E-state index in [0.29, 0.717) is 16.5 Å². The Bertz CT molecular complexity index is 862. The zero-order valence-corrected chi connectivity index (χ0v) is 13.4. The quantitative estimate of drug-likeness (QED) is 0.795. The topological polar surface area (TPSA) is 68.5 Å². The van der Waals surface area contributed by atoms with Crippen LogP contribution < -0.4 is 10.1 Å². The molecule has 7 heteroatoms. The lowest BCUT2D eigenvalue weighted by Gasteiger charge is -2.18. The Morgan fingerprint density at radius 1 is 1.35 bits per heavy atom. The summed E-state index contributed by atoms with van der Waals surface area (Å²) in [6, 6.07) is 8.94. The normalized spacial score (nSPS) is 12.1. The molecule has 0 aliphatic carbocycles. The second kappa shape index (κ2) is 6.26. The van der Waals surface area contributed by atoms with Crippen LogP contribution in [0.15, 0.2) is 42.9 Å². The first-order valence-electron chi connectivity index (χ1n) is 7.06. The molecule has 3 aromatic rings. The van der Waals surface area contributed by atoms with Gasteiger partial charge in [0, 0.05) is 18.1 Å². The van der Waals surface area contributed by atoms with Crippen molar-refractivity contribution in [1.82, 2.24) is 14.6 Å². The zero-order valence-electron chi connectivity index (χ0n) is 12.7. The van der Waals surface area contributed by atoms with E-state index in [1.807, 2.05) is 25.3 Å². The highest BCUT2D eigenvalue weighted by Gasteiger charge is 2.13. The van der Waals surface area contributed by atoms with Gasteiger partial charge < -0.3 is 10.1 Å². The number of pyridine rings is 1. The number of halogens is 1. The first-order valence-corrected chi connectivity index (χ1v) is 7.44. The van der Waals surface area contributed by atoms with Crippen molar-refractivity contribution in [3.63, 3.8) is 0 Å². The van der Waals surface area contributed by atoms with Crippen LogP contribution in [0.2, 0.25) is 5.02 Å². The van der Waals surface area contributed by atoms with E-state index in [1.165, 1.54) is 13.3 Å². The molecule has 1 N–H and O–H groups in total. The molecular weight excluding hydrogens is 316 g/mol. The highest BCUT2D eigenvalue weighted by Crippen LogP contribution is 2.32. The molecule has 0 spiro atoms. The standard InChI is InChI=1S/C16H15ClN4O2/c1-10(12-5-6-21-16(7-12)18-9-19-21)23-15-4-3-13(17)8-14(15)20-11(2)22/h3-10H,1-2H3,(H,20,22). The van der Waals surface area contributed by atoms with Crippen molar-refractivity contribution in [2.45, 2.75) is 20.0 Å². The highest BCUT2D eigenvalue weighted by molar-refractivity contribution is 6.31. The molecule has 0 aliphatic rings. The number of fused-ring (bicyclic) bond motifs is 1. The summed E-state index contributed by atoms with van der Waals surface area (Å²) in [6.45, 7) is 3.36. The van der Waals surface area contributed by atoms with E-state index in [2.05, 4.69) is 15.4 Å². The first kappa shape index (κ1) is 15.3. The molecule has 0 fully saturated rings. The summed E-state index contributed by atoms with van der Waals surface area (Å²) in [7, 11) is 0. The molecule has 3 rings (SSSR count). The van der Waals surface area contributed by atoms with Crippen LogP contribution in [0.5, 0.6) is 5.75 Å². The number of carbonyl (C=O) groups excluding carboxylic acids is 1. The van der Waals surface area contributed by atoms with Crippen molar-refractivity contribution in [2.24, 2.45) is 0 Å². The van der Waals surface area contributed by atoms with Gasteiger partial charge in [-0.3, -0.25) is 4.79 Å². The Morgan fingerprint density at radius 2 is 2.17 bits per heavy atom. The third-order valence-corrected chi connectivity index (χ3v) is 3.57. The molecule has 2 heterocycles. The molecule has 6 nitrogen and oxygen atoms in total. The Balaban J connectivity index is 1.86. The largest absolute Gasteiger partial charge is 0.484 e. The van der Waals surface area contributed by atoms with E-state index in [1.54, 1.807) is 22.7 Å². The lowest BCUT2D eigenvalue weighted by Crippen LogP contribution is -2.10. The van der Waals surface area contributed by atoms with E-state index in [-0.39, 0.29) is 12.0 Å². The number of hydrogen-bond acceptors (Lipinski definition) is 4. The molecule has 0 radical (unpaired) electrons. The highest BCUT2D eigenvalue weighted by atomic mass is 35.5. The summed E-state index contributed by atoms with van der Waals surface area (Å²) in [4.78, 5) is 15.5. The summed E-state index contributed by atoms with van der Waals surface area (Å²) < 4.78 is 7.66. The van der Waals surface area contributed by atoms with Crippen molar-refractivity contribution in [1.29, 1.82) is 0 Å². The minimum absolute atomic E-state index is 0.186. The molecule has 118 valence electrons. The van der Waals surface area contributed by atoms with Gasteiger partial charge in [-0.15, -0.1) is 0 Å². The van der Waals surface area contributed by atoms with Gasteiger partial charge in [-0.1, -0.05) is 11.6 Å². The van der Waals surface area contributed by atoms with Crippen LogP contribution in [0, 0.1) is 0 Å². The number of ether oxygens (including phenoxy) is 1. The van der Waals surface area contributed by atoms with Crippen LogP contribution in [-0.2, 0) is 4.79 Å². The molecule has 2 aromatic heterocycles.